The topological polar surface area (TPSA) is 77.3 Å². The molecule has 0 aliphatic heterocycles. The van der Waals surface area contributed by atoms with Gasteiger partial charge in [-0.3, -0.25) is 4.98 Å². The van der Waals surface area contributed by atoms with Crippen LogP contribution in [0.2, 0.25) is 0 Å². The van der Waals surface area contributed by atoms with E-state index in [0.29, 0.717) is 23.2 Å². The Labute approximate surface area is 288 Å². The number of aromatic nitrogens is 6. The Kier molecular flexibility index (Phi) is 7.37. The number of hydrogen-bond donors (Lipinski definition) is 0. The zero-order valence-electron chi connectivity index (χ0n) is 26.8. The minimum Gasteiger partial charge on any atom is -0.253 e. The number of benzene rings is 5. The van der Waals surface area contributed by atoms with E-state index in [1.807, 2.05) is 91.0 Å². The second-order valence-electron chi connectivity index (χ2n) is 12.0. The van der Waals surface area contributed by atoms with Crippen molar-refractivity contribution in [2.45, 2.75) is 0 Å². The summed E-state index contributed by atoms with van der Waals surface area (Å²) in [6.07, 6.45) is 1.75. The van der Waals surface area contributed by atoms with Crippen LogP contribution in [0.1, 0.15) is 0 Å². The van der Waals surface area contributed by atoms with E-state index in [1.165, 1.54) is 0 Å². The van der Waals surface area contributed by atoms with Crippen LogP contribution in [0.25, 0.3) is 89.7 Å². The molecule has 234 valence electrons. The molecule has 6 heteroatoms. The van der Waals surface area contributed by atoms with Gasteiger partial charge in [0.15, 0.2) is 17.5 Å². The Morgan fingerprint density at radius 1 is 0.320 bits per heavy atom. The Morgan fingerprint density at radius 2 is 0.900 bits per heavy atom. The van der Waals surface area contributed by atoms with Crippen LogP contribution in [0.15, 0.2) is 170 Å². The molecular formula is C44H28N6. The Balaban J connectivity index is 1.25. The number of rotatable bonds is 6. The third-order valence-corrected chi connectivity index (χ3v) is 8.77. The summed E-state index contributed by atoms with van der Waals surface area (Å²) in [5, 5.41) is 2.05. The van der Waals surface area contributed by atoms with E-state index in [0.717, 1.165) is 66.6 Å². The van der Waals surface area contributed by atoms with E-state index in [9.17, 15) is 0 Å². The van der Waals surface area contributed by atoms with Gasteiger partial charge in [0.05, 0.1) is 22.4 Å². The molecule has 4 aromatic heterocycles. The molecule has 0 fully saturated rings. The summed E-state index contributed by atoms with van der Waals surface area (Å²) in [6, 6.07) is 55.3. The van der Waals surface area contributed by atoms with Crippen molar-refractivity contribution in [3.05, 3.63) is 170 Å². The normalized spacial score (nSPS) is 11.2. The summed E-state index contributed by atoms with van der Waals surface area (Å²) < 4.78 is 0. The van der Waals surface area contributed by atoms with Gasteiger partial charge in [0.2, 0.25) is 0 Å². The van der Waals surface area contributed by atoms with Crippen molar-refractivity contribution in [2.75, 3.05) is 0 Å². The molecule has 50 heavy (non-hydrogen) atoms. The lowest BCUT2D eigenvalue weighted by molar-refractivity contribution is 1.06. The smallest absolute Gasteiger partial charge is 0.182 e. The summed E-state index contributed by atoms with van der Waals surface area (Å²) in [4.78, 5) is 29.7. The first-order chi connectivity index (χ1) is 24.8. The summed E-state index contributed by atoms with van der Waals surface area (Å²) in [5.74, 6) is 1.68. The maximum absolute atomic E-state index is 5.26. The molecule has 0 N–H and O–H groups in total. The highest BCUT2D eigenvalue weighted by atomic mass is 15.0. The largest absolute Gasteiger partial charge is 0.253 e. The second kappa shape index (κ2) is 12.6. The number of pyridine rings is 3. The first-order valence-electron chi connectivity index (χ1n) is 16.5. The van der Waals surface area contributed by atoms with Gasteiger partial charge in [0, 0.05) is 39.2 Å². The van der Waals surface area contributed by atoms with Crippen LogP contribution in [0.4, 0.5) is 0 Å². The van der Waals surface area contributed by atoms with E-state index in [1.54, 1.807) is 6.20 Å². The highest BCUT2D eigenvalue weighted by molar-refractivity contribution is 6.09. The summed E-state index contributed by atoms with van der Waals surface area (Å²) in [5.41, 5.74) is 10.1. The molecule has 9 rings (SSSR count). The SMILES string of the molecule is c1ccc(-c2ccc3ccc4c(-c5cccc(-c6nc(-c7ccccc7)nc(-c7ccccn7)n6)c5)cc(-c5ccccc5)nc4c3n2)cc1. The molecule has 0 aliphatic carbocycles. The van der Waals surface area contributed by atoms with Crippen LogP contribution in [-0.4, -0.2) is 29.9 Å². The van der Waals surface area contributed by atoms with Crippen LogP contribution < -0.4 is 0 Å². The van der Waals surface area contributed by atoms with E-state index in [4.69, 9.17) is 24.9 Å². The standard InChI is InChI=1S/C44H28N6/c1-4-13-29(14-5-1)37-25-23-31-22-24-35-36(28-39(30-15-6-2-7-16-30)47-41(35)40(31)46-37)33-19-12-20-34(27-33)43-48-42(32-17-8-3-9-18-32)49-44(50-43)38-21-10-11-26-45-38/h1-28H. The van der Waals surface area contributed by atoms with Crippen LogP contribution in [0.5, 0.6) is 0 Å². The molecule has 0 radical (unpaired) electrons. The first kappa shape index (κ1) is 29.2. The fraction of sp³-hybridized carbons (Fsp3) is 0. The van der Waals surface area contributed by atoms with Gasteiger partial charge >= 0.3 is 0 Å². The van der Waals surface area contributed by atoms with Crippen molar-refractivity contribution in [1.29, 1.82) is 0 Å². The molecule has 6 nitrogen and oxygen atoms in total. The maximum atomic E-state index is 5.26. The predicted octanol–water partition coefficient (Wildman–Crippen LogP) is 10.4. The number of fused-ring (bicyclic) bond motifs is 3. The van der Waals surface area contributed by atoms with Gasteiger partial charge in [-0.05, 0) is 41.5 Å². The Morgan fingerprint density at radius 3 is 1.62 bits per heavy atom. The maximum Gasteiger partial charge on any atom is 0.182 e. The minimum atomic E-state index is 0.521. The van der Waals surface area contributed by atoms with Crippen molar-refractivity contribution < 1.29 is 0 Å². The zero-order chi connectivity index (χ0) is 33.3. The van der Waals surface area contributed by atoms with Crippen molar-refractivity contribution in [3.8, 4) is 67.9 Å². The first-order valence-corrected chi connectivity index (χ1v) is 16.5. The third kappa shape index (κ3) is 5.55. The summed E-state index contributed by atoms with van der Waals surface area (Å²) >= 11 is 0. The van der Waals surface area contributed by atoms with Gasteiger partial charge in [0.1, 0.15) is 5.69 Å². The molecule has 0 unspecified atom stereocenters. The molecular weight excluding hydrogens is 613 g/mol. The fourth-order valence-electron chi connectivity index (χ4n) is 6.29. The molecule has 0 spiro atoms. The van der Waals surface area contributed by atoms with Crippen molar-refractivity contribution in [1.82, 2.24) is 29.9 Å². The lowest BCUT2D eigenvalue weighted by atomic mass is 9.95. The molecule has 0 bridgehead atoms. The second-order valence-corrected chi connectivity index (χ2v) is 12.0. The Hall–Kier alpha value is -6.92. The lowest BCUT2D eigenvalue weighted by Gasteiger charge is -2.14. The van der Waals surface area contributed by atoms with E-state index in [-0.39, 0.29) is 0 Å². The molecule has 5 aromatic carbocycles. The average molecular weight is 641 g/mol. The van der Waals surface area contributed by atoms with E-state index in [2.05, 4.69) is 77.8 Å². The van der Waals surface area contributed by atoms with E-state index >= 15 is 0 Å². The predicted molar refractivity (Wildman–Crippen MR) is 201 cm³/mol. The van der Waals surface area contributed by atoms with Crippen molar-refractivity contribution in [2.24, 2.45) is 0 Å². The van der Waals surface area contributed by atoms with Gasteiger partial charge < -0.3 is 0 Å². The van der Waals surface area contributed by atoms with Gasteiger partial charge in [-0.15, -0.1) is 0 Å². The van der Waals surface area contributed by atoms with E-state index < -0.39 is 0 Å². The van der Waals surface area contributed by atoms with Crippen molar-refractivity contribution in [3.63, 3.8) is 0 Å². The molecule has 0 aliphatic rings. The zero-order valence-corrected chi connectivity index (χ0v) is 26.8. The minimum absolute atomic E-state index is 0.521. The quantitative estimate of drug-likeness (QED) is 0.168. The van der Waals surface area contributed by atoms with Crippen LogP contribution in [0.3, 0.4) is 0 Å². The molecule has 4 heterocycles. The molecule has 0 saturated carbocycles. The van der Waals surface area contributed by atoms with Gasteiger partial charge in [-0.2, -0.15) is 0 Å². The van der Waals surface area contributed by atoms with Gasteiger partial charge in [0.25, 0.3) is 0 Å². The van der Waals surface area contributed by atoms with Crippen LogP contribution in [0, 0.1) is 0 Å². The highest BCUT2D eigenvalue weighted by Gasteiger charge is 2.17. The summed E-state index contributed by atoms with van der Waals surface area (Å²) in [7, 11) is 0. The van der Waals surface area contributed by atoms with Crippen LogP contribution in [-0.2, 0) is 0 Å². The van der Waals surface area contributed by atoms with Crippen molar-refractivity contribution >= 4 is 21.8 Å². The highest BCUT2D eigenvalue weighted by Crippen LogP contribution is 2.37. The molecule has 9 aromatic rings. The third-order valence-electron chi connectivity index (χ3n) is 8.77. The molecule has 0 amide bonds. The molecule has 0 atom stereocenters. The number of nitrogens with zero attached hydrogens (tertiary/aromatic N) is 6. The average Bonchev–Trinajstić information content (AvgIpc) is 3.21. The fourth-order valence-corrected chi connectivity index (χ4v) is 6.29. The lowest BCUT2D eigenvalue weighted by Crippen LogP contribution is -2.01. The number of hydrogen-bond acceptors (Lipinski definition) is 6. The van der Waals surface area contributed by atoms with Gasteiger partial charge in [-0.1, -0.05) is 133 Å². The monoisotopic (exact) mass is 640 g/mol. The molecule has 0 saturated heterocycles. The van der Waals surface area contributed by atoms with Crippen LogP contribution >= 0.6 is 0 Å². The van der Waals surface area contributed by atoms with Gasteiger partial charge in [-0.25, -0.2) is 24.9 Å². The summed E-state index contributed by atoms with van der Waals surface area (Å²) in [6.45, 7) is 0. The Bertz CT molecular complexity index is 2570.